The van der Waals surface area contributed by atoms with E-state index in [-0.39, 0.29) is 6.61 Å². The van der Waals surface area contributed by atoms with Gasteiger partial charge in [-0.3, -0.25) is 0 Å². The second-order valence-electron chi connectivity index (χ2n) is 11.3. The van der Waals surface area contributed by atoms with Gasteiger partial charge in [0.2, 0.25) is 5.75 Å². The Hall–Kier alpha value is -5.72. The van der Waals surface area contributed by atoms with Crippen molar-refractivity contribution in [3.8, 4) is 28.7 Å². The lowest BCUT2D eigenvalue weighted by Crippen LogP contribution is -2.01. The highest BCUT2D eigenvalue weighted by atomic mass is 16.5. The molecule has 0 unspecified atom stereocenters. The maximum atomic E-state index is 9.51. The molecule has 6 aromatic rings. The molecule has 0 aliphatic carbocycles. The van der Waals surface area contributed by atoms with E-state index in [1.165, 1.54) is 0 Å². The third-order valence-electron chi connectivity index (χ3n) is 8.31. The largest absolute Gasteiger partial charge is 0.497 e. The van der Waals surface area contributed by atoms with Crippen LogP contribution < -0.4 is 23.7 Å². The number of fused-ring (bicyclic) bond motifs is 2. The van der Waals surface area contributed by atoms with Crippen LogP contribution in [-0.4, -0.2) is 33.5 Å². The van der Waals surface area contributed by atoms with Crippen LogP contribution in [-0.2, 0) is 13.2 Å². The van der Waals surface area contributed by atoms with Crippen LogP contribution in [0.1, 0.15) is 33.4 Å². The topological polar surface area (TPSA) is 66.4 Å². The average molecular weight is 639 g/mol. The third kappa shape index (κ3) is 6.85. The molecule has 0 heterocycles. The number of aliphatic hydroxyl groups excluding tert-OH is 1. The molecule has 0 saturated carbocycles. The standard InChI is InChI=1S/C42H38O6/c1-44-32-21-28(22-33(25-32)45-2)16-18-38-34-12-5-7-14-36(34)39(37-15-8-6-13-35(37)38)19-17-29-23-40(46-3)42(41(24-29)47-4)48-27-31-11-9-10-30(20-31)26-43/h5-25,43H,26-27H2,1-4H3/b18-16+,19-17+. The molecular formula is C42H38O6. The molecule has 0 aromatic heterocycles. The number of hydrogen-bond acceptors (Lipinski definition) is 6. The van der Waals surface area contributed by atoms with Gasteiger partial charge in [-0.15, -0.1) is 0 Å². The number of hydrogen-bond donors (Lipinski definition) is 1. The van der Waals surface area contributed by atoms with E-state index in [2.05, 4.69) is 72.8 Å². The van der Waals surface area contributed by atoms with Crippen molar-refractivity contribution in [3.05, 3.63) is 137 Å². The Labute approximate surface area is 281 Å². The Balaban J connectivity index is 1.39. The zero-order chi connectivity index (χ0) is 33.5. The molecule has 0 amide bonds. The lowest BCUT2D eigenvalue weighted by molar-refractivity contribution is 0.264. The normalized spacial score (nSPS) is 11.4. The molecule has 0 aliphatic heterocycles. The van der Waals surface area contributed by atoms with Crippen molar-refractivity contribution < 1.29 is 28.8 Å². The van der Waals surface area contributed by atoms with Crippen LogP contribution in [0.4, 0.5) is 0 Å². The minimum atomic E-state index is -0.0233. The predicted octanol–water partition coefficient (Wildman–Crippen LogP) is 9.44. The quantitative estimate of drug-likeness (QED) is 0.106. The van der Waals surface area contributed by atoms with Gasteiger partial charge in [-0.05, 0) is 79.2 Å². The van der Waals surface area contributed by atoms with Crippen molar-refractivity contribution >= 4 is 45.8 Å². The minimum absolute atomic E-state index is 0.0233. The van der Waals surface area contributed by atoms with Gasteiger partial charge in [0.25, 0.3) is 0 Å². The van der Waals surface area contributed by atoms with E-state index in [4.69, 9.17) is 23.7 Å². The summed E-state index contributed by atoms with van der Waals surface area (Å²) in [7, 11) is 6.56. The average Bonchev–Trinajstić information content (AvgIpc) is 3.14. The van der Waals surface area contributed by atoms with Gasteiger partial charge in [0.15, 0.2) is 11.5 Å². The molecule has 6 nitrogen and oxygen atoms in total. The summed E-state index contributed by atoms with van der Waals surface area (Å²) in [6.07, 6.45) is 8.49. The molecule has 0 spiro atoms. The fraction of sp³-hybridized carbons (Fsp3) is 0.143. The van der Waals surface area contributed by atoms with E-state index in [0.717, 1.165) is 66.4 Å². The van der Waals surface area contributed by atoms with Gasteiger partial charge >= 0.3 is 0 Å². The maximum Gasteiger partial charge on any atom is 0.203 e. The Kier molecular flexibility index (Phi) is 9.93. The Morgan fingerprint density at radius 1 is 0.500 bits per heavy atom. The lowest BCUT2D eigenvalue weighted by Gasteiger charge is -2.16. The zero-order valence-electron chi connectivity index (χ0n) is 27.5. The fourth-order valence-corrected chi connectivity index (χ4v) is 5.95. The number of benzene rings is 6. The molecule has 6 aromatic carbocycles. The summed E-state index contributed by atoms with van der Waals surface area (Å²) in [4.78, 5) is 0. The molecule has 0 bridgehead atoms. The third-order valence-corrected chi connectivity index (χ3v) is 8.31. The highest BCUT2D eigenvalue weighted by Crippen LogP contribution is 2.41. The predicted molar refractivity (Wildman–Crippen MR) is 195 cm³/mol. The second kappa shape index (κ2) is 14.8. The van der Waals surface area contributed by atoms with Gasteiger partial charge in [0.1, 0.15) is 18.1 Å². The molecule has 6 heteroatoms. The molecule has 0 radical (unpaired) electrons. The van der Waals surface area contributed by atoms with Gasteiger partial charge in [-0.25, -0.2) is 0 Å². The first-order chi connectivity index (χ1) is 23.5. The zero-order valence-corrected chi connectivity index (χ0v) is 27.5. The highest BCUT2D eigenvalue weighted by Gasteiger charge is 2.15. The second-order valence-corrected chi connectivity index (χ2v) is 11.3. The summed E-state index contributed by atoms with van der Waals surface area (Å²) in [6.45, 7) is 0.282. The molecular weight excluding hydrogens is 600 g/mol. The number of methoxy groups -OCH3 is 4. The molecule has 242 valence electrons. The Bertz CT molecular complexity index is 2020. The molecule has 0 saturated heterocycles. The maximum absolute atomic E-state index is 9.51. The smallest absolute Gasteiger partial charge is 0.203 e. The van der Waals surface area contributed by atoms with E-state index < -0.39 is 0 Å². The van der Waals surface area contributed by atoms with Crippen LogP contribution >= 0.6 is 0 Å². The van der Waals surface area contributed by atoms with E-state index in [1.54, 1.807) is 28.4 Å². The van der Waals surface area contributed by atoms with Gasteiger partial charge in [-0.2, -0.15) is 0 Å². The number of ether oxygens (including phenoxy) is 5. The first-order valence-electron chi connectivity index (χ1n) is 15.6. The van der Waals surface area contributed by atoms with Gasteiger partial charge < -0.3 is 28.8 Å². The molecule has 6 rings (SSSR count). The van der Waals surface area contributed by atoms with Crippen LogP contribution in [0.5, 0.6) is 28.7 Å². The molecule has 48 heavy (non-hydrogen) atoms. The summed E-state index contributed by atoms with van der Waals surface area (Å²) in [5.74, 6) is 3.13. The Morgan fingerprint density at radius 3 is 1.44 bits per heavy atom. The summed E-state index contributed by atoms with van der Waals surface area (Å²) in [6, 6.07) is 34.4. The van der Waals surface area contributed by atoms with Crippen LogP contribution in [0.25, 0.3) is 45.8 Å². The monoisotopic (exact) mass is 638 g/mol. The summed E-state index contributed by atoms with van der Waals surface area (Å²) in [5, 5.41) is 14.1. The molecule has 0 fully saturated rings. The van der Waals surface area contributed by atoms with E-state index in [9.17, 15) is 5.11 Å². The van der Waals surface area contributed by atoms with Crippen LogP contribution in [0.2, 0.25) is 0 Å². The van der Waals surface area contributed by atoms with Gasteiger partial charge in [0, 0.05) is 6.07 Å². The van der Waals surface area contributed by atoms with Gasteiger partial charge in [0.05, 0.1) is 35.0 Å². The van der Waals surface area contributed by atoms with E-state index in [0.29, 0.717) is 23.9 Å². The van der Waals surface area contributed by atoms with Crippen molar-refractivity contribution in [3.63, 3.8) is 0 Å². The van der Waals surface area contributed by atoms with Crippen LogP contribution in [0.3, 0.4) is 0 Å². The SMILES string of the molecule is COc1cc(/C=C/c2c3ccccc3c(/C=C/c3cc(OC)c(OCc4cccc(CO)c4)c(OC)c3)c3ccccc23)cc(OC)c1. The van der Waals surface area contributed by atoms with Crippen LogP contribution in [0, 0.1) is 0 Å². The summed E-state index contributed by atoms with van der Waals surface area (Å²) >= 11 is 0. The van der Waals surface area contributed by atoms with Crippen molar-refractivity contribution in [1.82, 2.24) is 0 Å². The summed E-state index contributed by atoms with van der Waals surface area (Å²) in [5.41, 5.74) is 5.91. The van der Waals surface area contributed by atoms with E-state index in [1.807, 2.05) is 54.6 Å². The van der Waals surface area contributed by atoms with Crippen molar-refractivity contribution in [1.29, 1.82) is 0 Å². The lowest BCUT2D eigenvalue weighted by atomic mass is 9.90. The summed E-state index contributed by atoms with van der Waals surface area (Å²) < 4.78 is 28.7. The Morgan fingerprint density at radius 2 is 0.979 bits per heavy atom. The van der Waals surface area contributed by atoms with Crippen molar-refractivity contribution in [2.24, 2.45) is 0 Å². The van der Waals surface area contributed by atoms with Crippen molar-refractivity contribution in [2.45, 2.75) is 13.2 Å². The first kappa shape index (κ1) is 32.2. The van der Waals surface area contributed by atoms with Gasteiger partial charge in [-0.1, -0.05) is 97.1 Å². The highest BCUT2D eigenvalue weighted by molar-refractivity contribution is 6.14. The number of aliphatic hydroxyl groups is 1. The van der Waals surface area contributed by atoms with Crippen LogP contribution in [0.15, 0.2) is 103 Å². The van der Waals surface area contributed by atoms with E-state index >= 15 is 0 Å². The number of rotatable bonds is 12. The first-order valence-corrected chi connectivity index (χ1v) is 15.6. The molecule has 0 atom stereocenters. The van der Waals surface area contributed by atoms with Crippen molar-refractivity contribution in [2.75, 3.05) is 28.4 Å². The molecule has 0 aliphatic rings. The fourth-order valence-electron chi connectivity index (χ4n) is 5.95. The molecule has 1 N–H and O–H groups in total. The minimum Gasteiger partial charge on any atom is -0.497 e.